The van der Waals surface area contributed by atoms with Crippen molar-refractivity contribution < 1.29 is 0 Å². The Hall–Kier alpha value is -1.56. The highest BCUT2D eigenvalue weighted by Crippen LogP contribution is 2.20. The molecule has 0 aliphatic heterocycles. The van der Waals surface area contributed by atoms with Gasteiger partial charge in [0.15, 0.2) is 0 Å². The highest BCUT2D eigenvalue weighted by atomic mass is 14.1. The zero-order valence-corrected chi connectivity index (χ0v) is 10.6. The van der Waals surface area contributed by atoms with Crippen LogP contribution >= 0.6 is 0 Å². The lowest BCUT2D eigenvalue weighted by atomic mass is 9.97. The van der Waals surface area contributed by atoms with Crippen molar-refractivity contribution in [2.75, 3.05) is 0 Å². The van der Waals surface area contributed by atoms with Gasteiger partial charge in [-0.25, -0.2) is 0 Å². The van der Waals surface area contributed by atoms with E-state index in [2.05, 4.69) is 56.3 Å². The molecule has 2 aromatic rings. The van der Waals surface area contributed by atoms with E-state index in [0.29, 0.717) is 0 Å². The van der Waals surface area contributed by atoms with Gasteiger partial charge in [0.2, 0.25) is 0 Å². The van der Waals surface area contributed by atoms with E-state index in [1.54, 1.807) is 0 Å². The van der Waals surface area contributed by atoms with Crippen LogP contribution in [0.3, 0.4) is 0 Å². The Bertz CT molecular complexity index is 439. The summed E-state index contributed by atoms with van der Waals surface area (Å²) >= 11 is 0. The first-order chi connectivity index (χ1) is 8.29. The highest BCUT2D eigenvalue weighted by Gasteiger charge is 2.01. The summed E-state index contributed by atoms with van der Waals surface area (Å²) in [5, 5.41) is 0. The molecule has 1 radical (unpaired) electrons. The predicted octanol–water partition coefficient (Wildman–Crippen LogP) is 4.74. The first-order valence-electron chi connectivity index (χ1n) is 6.35. The van der Waals surface area contributed by atoms with E-state index in [-0.39, 0.29) is 0 Å². The van der Waals surface area contributed by atoms with Crippen molar-refractivity contribution in [2.45, 2.75) is 26.7 Å². The van der Waals surface area contributed by atoms with Crippen molar-refractivity contribution >= 4 is 0 Å². The molecule has 0 saturated carbocycles. The SMILES string of the molecule is CCC(C)Cc1ccc(-c2cc[c]cc2)cc1. The molecule has 0 nitrogen and oxygen atoms in total. The Kier molecular flexibility index (Phi) is 3.98. The van der Waals surface area contributed by atoms with Crippen LogP contribution in [0.1, 0.15) is 25.8 Å². The summed E-state index contributed by atoms with van der Waals surface area (Å²) < 4.78 is 0. The van der Waals surface area contributed by atoms with E-state index in [0.717, 1.165) is 5.92 Å². The smallest absolute Gasteiger partial charge is 0.0184 e. The van der Waals surface area contributed by atoms with E-state index < -0.39 is 0 Å². The Morgan fingerprint density at radius 1 is 0.941 bits per heavy atom. The van der Waals surface area contributed by atoms with Gasteiger partial charge >= 0.3 is 0 Å². The third-order valence-electron chi connectivity index (χ3n) is 3.29. The van der Waals surface area contributed by atoms with Gasteiger partial charge in [-0.2, -0.15) is 0 Å². The molecule has 2 aromatic carbocycles. The van der Waals surface area contributed by atoms with Crippen LogP contribution in [0.25, 0.3) is 11.1 Å². The van der Waals surface area contributed by atoms with Crippen molar-refractivity contribution in [1.29, 1.82) is 0 Å². The van der Waals surface area contributed by atoms with Gasteiger partial charge in [0.25, 0.3) is 0 Å². The fraction of sp³-hybridized carbons (Fsp3) is 0.294. The molecule has 1 atom stereocenters. The van der Waals surface area contributed by atoms with Crippen LogP contribution in [-0.4, -0.2) is 0 Å². The fourth-order valence-corrected chi connectivity index (χ4v) is 1.96. The normalized spacial score (nSPS) is 12.4. The maximum absolute atomic E-state index is 3.05. The molecule has 0 amide bonds. The van der Waals surface area contributed by atoms with E-state index in [1.165, 1.54) is 29.5 Å². The molecular formula is C17H19. The summed E-state index contributed by atoms with van der Waals surface area (Å²) in [7, 11) is 0. The van der Waals surface area contributed by atoms with Crippen molar-refractivity contribution in [3.63, 3.8) is 0 Å². The van der Waals surface area contributed by atoms with Gasteiger partial charge in [-0.3, -0.25) is 0 Å². The van der Waals surface area contributed by atoms with Crippen LogP contribution in [0.4, 0.5) is 0 Å². The van der Waals surface area contributed by atoms with Crippen LogP contribution in [-0.2, 0) is 6.42 Å². The molecule has 17 heavy (non-hydrogen) atoms. The predicted molar refractivity (Wildman–Crippen MR) is 73.9 cm³/mol. The molecule has 0 aromatic heterocycles. The van der Waals surface area contributed by atoms with Gasteiger partial charge in [0.05, 0.1) is 0 Å². The van der Waals surface area contributed by atoms with Crippen LogP contribution in [0.15, 0.2) is 48.5 Å². The average Bonchev–Trinajstić information content (AvgIpc) is 2.40. The number of rotatable bonds is 4. The van der Waals surface area contributed by atoms with Gasteiger partial charge in [-0.15, -0.1) is 0 Å². The summed E-state index contributed by atoms with van der Waals surface area (Å²) in [6, 6.07) is 20.1. The summed E-state index contributed by atoms with van der Waals surface area (Å²) in [6.45, 7) is 4.56. The Morgan fingerprint density at radius 3 is 2.12 bits per heavy atom. The van der Waals surface area contributed by atoms with E-state index in [4.69, 9.17) is 0 Å². The highest BCUT2D eigenvalue weighted by molar-refractivity contribution is 5.63. The minimum absolute atomic E-state index is 0.771. The number of hydrogen-bond donors (Lipinski definition) is 0. The molecule has 0 N–H and O–H groups in total. The lowest BCUT2D eigenvalue weighted by Gasteiger charge is -2.09. The molecule has 1 unspecified atom stereocenters. The molecule has 0 heterocycles. The minimum Gasteiger partial charge on any atom is -0.0651 e. The zero-order chi connectivity index (χ0) is 12.1. The number of benzene rings is 2. The van der Waals surface area contributed by atoms with Gasteiger partial charge in [-0.1, -0.05) is 68.8 Å². The summed E-state index contributed by atoms with van der Waals surface area (Å²) in [4.78, 5) is 0. The van der Waals surface area contributed by atoms with Gasteiger partial charge < -0.3 is 0 Å². The molecule has 0 bridgehead atoms. The second kappa shape index (κ2) is 5.67. The maximum Gasteiger partial charge on any atom is -0.0184 e. The van der Waals surface area contributed by atoms with Crippen LogP contribution < -0.4 is 0 Å². The standard InChI is InChI=1S/C17H19/c1-3-14(2)13-15-9-11-17(12-10-15)16-7-5-4-6-8-16/h5-12,14H,3,13H2,1-2H3. The lowest BCUT2D eigenvalue weighted by Crippen LogP contribution is -1.97. The fourth-order valence-electron chi connectivity index (χ4n) is 1.96. The quantitative estimate of drug-likeness (QED) is 0.702. The van der Waals surface area contributed by atoms with Crippen LogP contribution in [0.5, 0.6) is 0 Å². The maximum atomic E-state index is 3.05. The summed E-state index contributed by atoms with van der Waals surface area (Å²) in [5.74, 6) is 0.771. The van der Waals surface area contributed by atoms with Crippen LogP contribution in [0.2, 0.25) is 0 Å². The van der Waals surface area contributed by atoms with Crippen molar-refractivity contribution in [2.24, 2.45) is 5.92 Å². The van der Waals surface area contributed by atoms with Gasteiger partial charge in [0, 0.05) is 0 Å². The van der Waals surface area contributed by atoms with E-state index >= 15 is 0 Å². The van der Waals surface area contributed by atoms with E-state index in [1.807, 2.05) is 12.1 Å². The van der Waals surface area contributed by atoms with Crippen molar-refractivity contribution in [3.05, 3.63) is 60.2 Å². The summed E-state index contributed by atoms with van der Waals surface area (Å²) in [5.41, 5.74) is 3.98. The van der Waals surface area contributed by atoms with Gasteiger partial charge in [0.1, 0.15) is 0 Å². The Morgan fingerprint density at radius 2 is 1.53 bits per heavy atom. The second-order valence-corrected chi connectivity index (χ2v) is 4.70. The summed E-state index contributed by atoms with van der Waals surface area (Å²) in [6.07, 6.45) is 2.43. The molecule has 0 saturated heterocycles. The molecule has 87 valence electrons. The second-order valence-electron chi connectivity index (χ2n) is 4.70. The Balaban J connectivity index is 2.13. The third kappa shape index (κ3) is 3.20. The first kappa shape index (κ1) is 11.9. The lowest BCUT2D eigenvalue weighted by molar-refractivity contribution is 0.560. The minimum atomic E-state index is 0.771. The molecule has 0 fully saturated rings. The average molecular weight is 223 g/mol. The molecule has 0 spiro atoms. The Labute approximate surface area is 104 Å². The number of hydrogen-bond acceptors (Lipinski definition) is 0. The van der Waals surface area contributed by atoms with E-state index in [9.17, 15) is 0 Å². The topological polar surface area (TPSA) is 0 Å². The zero-order valence-electron chi connectivity index (χ0n) is 10.6. The molecule has 2 rings (SSSR count). The first-order valence-corrected chi connectivity index (χ1v) is 6.35. The van der Waals surface area contributed by atoms with Gasteiger partial charge in [-0.05, 0) is 35.1 Å². The molecular weight excluding hydrogens is 204 g/mol. The molecule has 0 heteroatoms. The van der Waals surface area contributed by atoms with Crippen LogP contribution in [0, 0.1) is 12.0 Å². The largest absolute Gasteiger partial charge is 0.0651 e. The third-order valence-corrected chi connectivity index (χ3v) is 3.29. The monoisotopic (exact) mass is 223 g/mol. The molecule has 0 aliphatic carbocycles. The van der Waals surface area contributed by atoms with Crippen molar-refractivity contribution in [1.82, 2.24) is 0 Å². The molecule has 0 aliphatic rings. The van der Waals surface area contributed by atoms with Crippen molar-refractivity contribution in [3.8, 4) is 11.1 Å².